The number of halogens is 1. The summed E-state index contributed by atoms with van der Waals surface area (Å²) < 4.78 is 31.3. The highest BCUT2D eigenvalue weighted by Gasteiger charge is 2.28. The predicted octanol–water partition coefficient (Wildman–Crippen LogP) is 5.44. The monoisotopic (exact) mass is 490 g/mol. The second-order valence-corrected chi connectivity index (χ2v) is 10.5. The number of benzene rings is 2. The molecule has 0 radical (unpaired) electrons. The highest BCUT2D eigenvalue weighted by molar-refractivity contribution is 7.99. The molecule has 1 unspecified atom stereocenters. The highest BCUT2D eigenvalue weighted by atomic mass is 35.5. The van der Waals surface area contributed by atoms with Gasteiger partial charge in [-0.3, -0.25) is 0 Å². The Kier molecular flexibility index (Phi) is 8.53. The molecule has 6 nitrogen and oxygen atoms in total. The number of nitrogens with one attached hydrogen (secondary N) is 1. The molecule has 0 spiro atoms. The summed E-state index contributed by atoms with van der Waals surface area (Å²) in [5, 5.41) is 10.0. The molecular weight excluding hydrogens is 464 g/mol. The number of rotatable bonds is 11. The first-order valence-corrected chi connectivity index (χ1v) is 13.2. The van der Waals surface area contributed by atoms with E-state index in [1.165, 1.54) is 23.9 Å². The van der Waals surface area contributed by atoms with Gasteiger partial charge in [-0.25, -0.2) is 13.1 Å². The molecule has 0 fully saturated rings. The Balaban J connectivity index is 2.04. The van der Waals surface area contributed by atoms with Crippen molar-refractivity contribution in [2.75, 3.05) is 5.75 Å². The van der Waals surface area contributed by atoms with Crippen LogP contribution >= 0.6 is 23.4 Å². The van der Waals surface area contributed by atoms with Crippen LogP contribution in [0.1, 0.15) is 43.7 Å². The van der Waals surface area contributed by atoms with Gasteiger partial charge in [0.15, 0.2) is 11.0 Å². The van der Waals surface area contributed by atoms with Crippen LogP contribution in [0.15, 0.2) is 77.3 Å². The summed E-state index contributed by atoms with van der Waals surface area (Å²) in [5.74, 6) is 1.28. The minimum atomic E-state index is -3.81. The molecule has 2 atom stereocenters. The lowest BCUT2D eigenvalue weighted by Gasteiger charge is -2.23. The maximum atomic E-state index is 13.2. The van der Waals surface area contributed by atoms with E-state index in [1.54, 1.807) is 12.1 Å². The highest BCUT2D eigenvalue weighted by Crippen LogP contribution is 2.29. The van der Waals surface area contributed by atoms with E-state index >= 15 is 0 Å². The third kappa shape index (κ3) is 6.01. The zero-order valence-electron chi connectivity index (χ0n) is 18.1. The van der Waals surface area contributed by atoms with Crippen LogP contribution in [0.25, 0.3) is 0 Å². The van der Waals surface area contributed by atoms with Crippen LogP contribution in [0.3, 0.4) is 0 Å². The summed E-state index contributed by atoms with van der Waals surface area (Å²) in [5.41, 5.74) is 0.996. The topological polar surface area (TPSA) is 76.9 Å². The van der Waals surface area contributed by atoms with Crippen molar-refractivity contribution in [2.24, 2.45) is 0 Å². The summed E-state index contributed by atoms with van der Waals surface area (Å²) in [7, 11) is -3.81. The van der Waals surface area contributed by atoms with Crippen LogP contribution in [0.5, 0.6) is 0 Å². The Morgan fingerprint density at radius 1 is 1.16 bits per heavy atom. The van der Waals surface area contributed by atoms with Gasteiger partial charge < -0.3 is 4.57 Å². The normalized spacial score (nSPS) is 13.6. The number of hydrogen-bond acceptors (Lipinski definition) is 5. The molecule has 32 heavy (non-hydrogen) atoms. The van der Waals surface area contributed by atoms with Gasteiger partial charge >= 0.3 is 0 Å². The van der Waals surface area contributed by atoms with E-state index in [0.29, 0.717) is 23.0 Å². The van der Waals surface area contributed by atoms with Crippen molar-refractivity contribution in [3.8, 4) is 0 Å². The maximum Gasteiger partial charge on any atom is 0.241 e. The first-order chi connectivity index (χ1) is 15.4. The van der Waals surface area contributed by atoms with Gasteiger partial charge in [0, 0.05) is 16.8 Å². The van der Waals surface area contributed by atoms with Gasteiger partial charge in [-0.05, 0) is 49.6 Å². The average molecular weight is 491 g/mol. The summed E-state index contributed by atoms with van der Waals surface area (Å²) in [6, 6.07) is 15.4. The number of hydrogen-bond donors (Lipinski definition) is 1. The standard InChI is InChI=1S/C23H27ClN4O2S2/c1-4-15-31-23-26-25-22(28(23)17(3)5-2)21(16-18-9-7-6-8-10-18)27-32(29,30)20-13-11-19(24)12-14-20/h4,6-14,17,21,27H,1,5,15-16H2,2-3H3/t17?,21-/m1/s1. The molecule has 170 valence electrons. The van der Waals surface area contributed by atoms with Crippen molar-refractivity contribution >= 4 is 33.4 Å². The molecule has 0 saturated carbocycles. The SMILES string of the molecule is C=CCSc1nnc([C@@H](Cc2ccccc2)NS(=O)(=O)c2ccc(Cl)cc2)n1C(C)CC. The van der Waals surface area contributed by atoms with Crippen molar-refractivity contribution in [3.63, 3.8) is 0 Å². The fraction of sp³-hybridized carbons (Fsp3) is 0.304. The quantitative estimate of drug-likeness (QED) is 0.286. The first-order valence-electron chi connectivity index (χ1n) is 10.4. The van der Waals surface area contributed by atoms with Crippen LogP contribution in [0.2, 0.25) is 5.02 Å². The lowest BCUT2D eigenvalue weighted by Crippen LogP contribution is -2.32. The summed E-state index contributed by atoms with van der Waals surface area (Å²) in [4.78, 5) is 0.149. The van der Waals surface area contributed by atoms with E-state index in [4.69, 9.17) is 11.6 Å². The van der Waals surface area contributed by atoms with Crippen molar-refractivity contribution in [1.82, 2.24) is 19.5 Å². The molecule has 9 heteroatoms. The van der Waals surface area contributed by atoms with Crippen molar-refractivity contribution in [3.05, 3.63) is 83.7 Å². The van der Waals surface area contributed by atoms with Crippen LogP contribution in [0, 0.1) is 0 Å². The molecule has 1 heterocycles. The third-order valence-corrected chi connectivity index (χ3v) is 7.75. The number of nitrogens with zero attached hydrogens (tertiary/aromatic N) is 3. The lowest BCUT2D eigenvalue weighted by molar-refractivity contribution is 0.443. The van der Waals surface area contributed by atoms with E-state index in [-0.39, 0.29) is 10.9 Å². The minimum absolute atomic E-state index is 0.102. The van der Waals surface area contributed by atoms with E-state index in [1.807, 2.05) is 41.0 Å². The fourth-order valence-electron chi connectivity index (χ4n) is 3.26. The van der Waals surface area contributed by atoms with E-state index in [0.717, 1.165) is 17.1 Å². The number of sulfonamides is 1. The molecular formula is C23H27ClN4O2S2. The summed E-state index contributed by atoms with van der Waals surface area (Å²) in [6.45, 7) is 7.94. The van der Waals surface area contributed by atoms with Crippen LogP contribution in [-0.4, -0.2) is 28.9 Å². The zero-order chi connectivity index (χ0) is 23.1. The molecule has 0 amide bonds. The summed E-state index contributed by atoms with van der Waals surface area (Å²) >= 11 is 7.47. The Morgan fingerprint density at radius 2 is 1.84 bits per heavy atom. The van der Waals surface area contributed by atoms with Gasteiger partial charge in [0.05, 0.1) is 10.9 Å². The van der Waals surface area contributed by atoms with Gasteiger partial charge in [0.25, 0.3) is 0 Å². The Labute approximate surface area is 199 Å². The van der Waals surface area contributed by atoms with Crippen LogP contribution < -0.4 is 4.72 Å². The molecule has 1 aromatic heterocycles. The third-order valence-electron chi connectivity index (χ3n) is 5.07. The largest absolute Gasteiger partial charge is 0.302 e. The molecule has 1 N–H and O–H groups in total. The Bertz CT molecular complexity index is 1130. The molecule has 3 aromatic rings. The fourth-order valence-corrected chi connectivity index (χ4v) is 5.36. The molecule has 0 aliphatic rings. The smallest absolute Gasteiger partial charge is 0.241 e. The predicted molar refractivity (Wildman–Crippen MR) is 131 cm³/mol. The number of aromatic nitrogens is 3. The van der Waals surface area contributed by atoms with Gasteiger partial charge in [-0.2, -0.15) is 0 Å². The molecule has 2 aromatic carbocycles. The first kappa shape index (κ1) is 24.5. The zero-order valence-corrected chi connectivity index (χ0v) is 20.5. The minimum Gasteiger partial charge on any atom is -0.302 e. The van der Waals surface area contributed by atoms with Crippen LogP contribution in [0.4, 0.5) is 0 Å². The maximum absolute atomic E-state index is 13.2. The second-order valence-electron chi connectivity index (χ2n) is 7.39. The number of thioether (sulfide) groups is 1. The molecule has 3 rings (SSSR count). The van der Waals surface area contributed by atoms with Crippen LogP contribution in [-0.2, 0) is 16.4 Å². The van der Waals surface area contributed by atoms with E-state index in [2.05, 4.69) is 35.3 Å². The molecule has 0 saturated heterocycles. The van der Waals surface area contributed by atoms with Crippen molar-refractivity contribution in [2.45, 2.75) is 48.8 Å². The average Bonchev–Trinajstić information content (AvgIpc) is 3.21. The van der Waals surface area contributed by atoms with Gasteiger partial charge in [-0.15, -0.1) is 16.8 Å². The van der Waals surface area contributed by atoms with Crippen molar-refractivity contribution < 1.29 is 8.42 Å². The molecule has 0 bridgehead atoms. The molecule has 0 aliphatic heterocycles. The van der Waals surface area contributed by atoms with Gasteiger partial charge in [0.1, 0.15) is 0 Å². The van der Waals surface area contributed by atoms with E-state index < -0.39 is 16.1 Å². The lowest BCUT2D eigenvalue weighted by atomic mass is 10.1. The second kappa shape index (κ2) is 11.1. The molecule has 0 aliphatic carbocycles. The van der Waals surface area contributed by atoms with Crippen molar-refractivity contribution in [1.29, 1.82) is 0 Å². The van der Waals surface area contributed by atoms with E-state index in [9.17, 15) is 8.42 Å². The van der Waals surface area contributed by atoms with Gasteiger partial charge in [0.2, 0.25) is 10.0 Å². The Morgan fingerprint density at radius 3 is 2.47 bits per heavy atom. The Hall–Kier alpha value is -2.13. The van der Waals surface area contributed by atoms with Gasteiger partial charge in [-0.1, -0.05) is 66.7 Å². The summed E-state index contributed by atoms with van der Waals surface area (Å²) in [6.07, 6.45) is 3.10.